The molecule has 1 amide bonds. The summed E-state index contributed by atoms with van der Waals surface area (Å²) >= 11 is 2.15. The lowest BCUT2D eigenvalue weighted by Crippen LogP contribution is -2.20. The highest BCUT2D eigenvalue weighted by molar-refractivity contribution is 14.1. The third-order valence-electron chi connectivity index (χ3n) is 2.99. The molecular weight excluding hydrogens is 421 g/mol. The molecule has 2 aromatic rings. The minimum atomic E-state index is -0.598. The topological polar surface area (TPSA) is 64.6 Å². The SMILES string of the molecule is COc1ccccc1/C=C/C(=O)OCC(=O)Nc1cccc(I)c1. The van der Waals surface area contributed by atoms with Gasteiger partial charge in [0, 0.05) is 20.9 Å². The van der Waals surface area contributed by atoms with Crippen molar-refractivity contribution in [2.24, 2.45) is 0 Å². The van der Waals surface area contributed by atoms with E-state index in [1.54, 1.807) is 25.3 Å². The monoisotopic (exact) mass is 437 g/mol. The number of esters is 1. The summed E-state index contributed by atoms with van der Waals surface area (Å²) in [5, 5.41) is 2.67. The Balaban J connectivity index is 1.84. The highest BCUT2D eigenvalue weighted by Gasteiger charge is 2.06. The molecule has 0 fully saturated rings. The number of rotatable bonds is 6. The Labute approximate surface area is 153 Å². The maximum absolute atomic E-state index is 11.8. The smallest absolute Gasteiger partial charge is 0.331 e. The van der Waals surface area contributed by atoms with E-state index in [9.17, 15) is 9.59 Å². The van der Waals surface area contributed by atoms with Gasteiger partial charge in [0.25, 0.3) is 5.91 Å². The maximum Gasteiger partial charge on any atom is 0.331 e. The summed E-state index contributed by atoms with van der Waals surface area (Å²) in [5.74, 6) is -0.340. The fraction of sp³-hybridized carbons (Fsp3) is 0.111. The van der Waals surface area contributed by atoms with Crippen LogP contribution in [0.3, 0.4) is 0 Å². The quantitative estimate of drug-likeness (QED) is 0.427. The van der Waals surface area contributed by atoms with Crippen molar-refractivity contribution in [2.75, 3.05) is 19.0 Å². The number of amides is 1. The number of benzene rings is 2. The van der Waals surface area contributed by atoms with Crippen molar-refractivity contribution in [3.8, 4) is 5.75 Å². The molecule has 1 N–H and O–H groups in total. The first-order valence-corrected chi connectivity index (χ1v) is 8.19. The zero-order valence-electron chi connectivity index (χ0n) is 13.0. The van der Waals surface area contributed by atoms with Crippen molar-refractivity contribution < 1.29 is 19.1 Å². The van der Waals surface area contributed by atoms with Gasteiger partial charge in [0.1, 0.15) is 5.75 Å². The number of methoxy groups -OCH3 is 1. The van der Waals surface area contributed by atoms with Crippen LogP contribution in [0.15, 0.2) is 54.6 Å². The number of para-hydroxylation sites is 1. The van der Waals surface area contributed by atoms with Crippen LogP contribution in [0.1, 0.15) is 5.56 Å². The summed E-state index contributed by atoms with van der Waals surface area (Å²) in [6, 6.07) is 14.6. The van der Waals surface area contributed by atoms with E-state index in [0.717, 1.165) is 9.13 Å². The predicted octanol–water partition coefficient (Wildman–Crippen LogP) is 3.49. The van der Waals surface area contributed by atoms with Crippen molar-refractivity contribution in [3.63, 3.8) is 0 Å². The van der Waals surface area contributed by atoms with E-state index in [0.29, 0.717) is 11.4 Å². The van der Waals surface area contributed by atoms with Crippen LogP contribution < -0.4 is 10.1 Å². The van der Waals surface area contributed by atoms with Gasteiger partial charge >= 0.3 is 5.97 Å². The Morgan fingerprint density at radius 1 is 1.17 bits per heavy atom. The van der Waals surface area contributed by atoms with Gasteiger partial charge in [-0.25, -0.2) is 4.79 Å². The van der Waals surface area contributed by atoms with Crippen LogP contribution in [-0.4, -0.2) is 25.6 Å². The second-order valence-electron chi connectivity index (χ2n) is 4.74. The van der Waals surface area contributed by atoms with E-state index >= 15 is 0 Å². The van der Waals surface area contributed by atoms with Gasteiger partial charge in [0.05, 0.1) is 7.11 Å². The van der Waals surface area contributed by atoms with Crippen molar-refractivity contribution in [1.82, 2.24) is 0 Å². The molecule has 0 bridgehead atoms. The fourth-order valence-corrected chi connectivity index (χ4v) is 2.45. The molecule has 24 heavy (non-hydrogen) atoms. The number of anilines is 1. The molecule has 0 radical (unpaired) electrons. The van der Waals surface area contributed by atoms with E-state index in [2.05, 4.69) is 27.9 Å². The molecule has 2 rings (SSSR count). The Hall–Kier alpha value is -2.35. The van der Waals surface area contributed by atoms with E-state index < -0.39 is 11.9 Å². The van der Waals surface area contributed by atoms with Crippen molar-refractivity contribution >= 4 is 46.2 Å². The summed E-state index contributed by atoms with van der Waals surface area (Å²) in [4.78, 5) is 23.5. The molecule has 0 aliphatic rings. The summed E-state index contributed by atoms with van der Waals surface area (Å²) in [5.41, 5.74) is 1.41. The number of carbonyl (C=O) groups excluding carboxylic acids is 2. The van der Waals surface area contributed by atoms with Crippen LogP contribution in [0.4, 0.5) is 5.69 Å². The lowest BCUT2D eigenvalue weighted by molar-refractivity contribution is -0.142. The zero-order valence-corrected chi connectivity index (χ0v) is 15.1. The standard InChI is InChI=1S/C18H16INO4/c1-23-16-8-3-2-5-13(16)9-10-18(22)24-12-17(21)20-15-7-4-6-14(19)11-15/h2-11H,12H2,1H3,(H,20,21)/b10-9+. The molecule has 124 valence electrons. The van der Waals surface area contributed by atoms with Gasteiger partial charge in [-0.15, -0.1) is 0 Å². The summed E-state index contributed by atoms with van der Waals surface area (Å²) < 4.78 is 11.1. The third-order valence-corrected chi connectivity index (χ3v) is 3.66. The largest absolute Gasteiger partial charge is 0.496 e. The molecule has 0 aliphatic heterocycles. The second-order valence-corrected chi connectivity index (χ2v) is 5.99. The van der Waals surface area contributed by atoms with Crippen molar-refractivity contribution in [2.45, 2.75) is 0 Å². The molecule has 0 atom stereocenters. The van der Waals surface area contributed by atoms with Crippen LogP contribution >= 0.6 is 22.6 Å². The van der Waals surface area contributed by atoms with Gasteiger partial charge in [-0.05, 0) is 52.9 Å². The van der Waals surface area contributed by atoms with Gasteiger partial charge in [-0.3, -0.25) is 4.79 Å². The summed E-state index contributed by atoms with van der Waals surface area (Å²) in [6.45, 7) is -0.347. The highest BCUT2D eigenvalue weighted by Crippen LogP contribution is 2.18. The summed E-state index contributed by atoms with van der Waals surface area (Å²) in [7, 11) is 1.56. The molecule has 0 spiro atoms. The summed E-state index contributed by atoms with van der Waals surface area (Å²) in [6.07, 6.45) is 2.84. The molecule has 6 heteroatoms. The Morgan fingerprint density at radius 3 is 2.71 bits per heavy atom. The van der Waals surface area contributed by atoms with Gasteiger partial charge in [-0.2, -0.15) is 0 Å². The maximum atomic E-state index is 11.8. The Bertz CT molecular complexity index is 758. The average molecular weight is 437 g/mol. The first-order chi connectivity index (χ1) is 11.6. The number of carbonyl (C=O) groups is 2. The lowest BCUT2D eigenvalue weighted by Gasteiger charge is -2.06. The number of hydrogen-bond acceptors (Lipinski definition) is 4. The third kappa shape index (κ3) is 5.69. The van der Waals surface area contributed by atoms with E-state index in [1.807, 2.05) is 36.4 Å². The molecule has 0 saturated carbocycles. The minimum Gasteiger partial charge on any atom is -0.496 e. The van der Waals surface area contributed by atoms with E-state index in [1.165, 1.54) is 6.08 Å². The lowest BCUT2D eigenvalue weighted by atomic mass is 10.2. The molecule has 5 nitrogen and oxygen atoms in total. The van der Waals surface area contributed by atoms with Crippen LogP contribution in [-0.2, 0) is 14.3 Å². The Kier molecular flexibility index (Phi) is 6.80. The molecule has 2 aromatic carbocycles. The van der Waals surface area contributed by atoms with E-state index in [4.69, 9.17) is 9.47 Å². The van der Waals surface area contributed by atoms with Gasteiger partial charge in [-0.1, -0.05) is 24.3 Å². The van der Waals surface area contributed by atoms with Gasteiger partial charge in [0.15, 0.2) is 6.61 Å². The number of ether oxygens (including phenoxy) is 2. The number of nitrogens with one attached hydrogen (secondary N) is 1. The van der Waals surface area contributed by atoms with Crippen LogP contribution in [0.2, 0.25) is 0 Å². The zero-order chi connectivity index (χ0) is 17.4. The van der Waals surface area contributed by atoms with Crippen LogP contribution in [0, 0.1) is 3.57 Å². The highest BCUT2D eigenvalue weighted by atomic mass is 127. The Morgan fingerprint density at radius 2 is 1.96 bits per heavy atom. The van der Waals surface area contributed by atoms with Gasteiger partial charge in [0.2, 0.25) is 0 Å². The molecular formula is C18H16INO4. The molecule has 0 unspecified atom stereocenters. The first kappa shape index (κ1) is 18.0. The predicted molar refractivity (Wildman–Crippen MR) is 101 cm³/mol. The van der Waals surface area contributed by atoms with Crippen LogP contribution in [0.25, 0.3) is 6.08 Å². The van der Waals surface area contributed by atoms with Gasteiger partial charge < -0.3 is 14.8 Å². The second kappa shape index (κ2) is 9.07. The van der Waals surface area contributed by atoms with Crippen LogP contribution in [0.5, 0.6) is 5.75 Å². The first-order valence-electron chi connectivity index (χ1n) is 7.12. The fourth-order valence-electron chi connectivity index (χ4n) is 1.91. The van der Waals surface area contributed by atoms with E-state index in [-0.39, 0.29) is 6.61 Å². The average Bonchev–Trinajstić information content (AvgIpc) is 2.58. The molecule has 0 heterocycles. The van der Waals surface area contributed by atoms with Crippen molar-refractivity contribution in [1.29, 1.82) is 0 Å². The molecule has 0 aromatic heterocycles. The molecule has 0 aliphatic carbocycles. The van der Waals surface area contributed by atoms with Crippen molar-refractivity contribution in [3.05, 3.63) is 63.7 Å². The number of hydrogen-bond donors (Lipinski definition) is 1. The minimum absolute atomic E-state index is 0.347. The normalized spacial score (nSPS) is 10.4. The molecule has 0 saturated heterocycles. The number of halogens is 1.